The summed E-state index contributed by atoms with van der Waals surface area (Å²) in [5.41, 5.74) is -1.17. The summed E-state index contributed by atoms with van der Waals surface area (Å²) in [6, 6.07) is 2.34. The summed E-state index contributed by atoms with van der Waals surface area (Å²) in [6.45, 7) is 8.91. The third-order valence-corrected chi connectivity index (χ3v) is 4.56. The van der Waals surface area contributed by atoms with Crippen LogP contribution in [0.3, 0.4) is 0 Å². The largest absolute Gasteiger partial charge is 0.443 e. The van der Waals surface area contributed by atoms with E-state index in [2.05, 4.69) is 15.9 Å². The quantitative estimate of drug-likeness (QED) is 0.541. The highest BCUT2D eigenvalue weighted by Gasteiger charge is 2.43. The zero-order valence-electron chi connectivity index (χ0n) is 15.0. The Hall–Kier alpha value is -1.24. The van der Waals surface area contributed by atoms with E-state index in [-0.39, 0.29) is 17.6 Å². The van der Waals surface area contributed by atoms with Crippen LogP contribution in [0.15, 0.2) is 16.6 Å². The van der Waals surface area contributed by atoms with Crippen LogP contribution in [0.4, 0.5) is 23.7 Å². The van der Waals surface area contributed by atoms with Crippen LogP contribution in [-0.4, -0.2) is 17.7 Å². The number of carbonyl (C=O) groups is 1. The maximum absolute atomic E-state index is 13.7. The van der Waals surface area contributed by atoms with Gasteiger partial charge in [0.25, 0.3) is 0 Å². The summed E-state index contributed by atoms with van der Waals surface area (Å²) >= 11 is 3.15. The molecule has 140 valence electrons. The van der Waals surface area contributed by atoms with E-state index < -0.39 is 23.4 Å². The van der Waals surface area contributed by atoms with Crippen molar-refractivity contribution in [1.29, 1.82) is 0 Å². The molecule has 1 aliphatic heterocycles. The number of aryl methyl sites for hydroxylation is 1. The Bertz CT molecular complexity index is 666. The number of halogens is 4. The van der Waals surface area contributed by atoms with Gasteiger partial charge in [-0.25, -0.2) is 4.79 Å². The molecule has 1 atom stereocenters. The Kier molecular flexibility index (Phi) is 5.47. The molecule has 0 aromatic heterocycles. The van der Waals surface area contributed by atoms with Crippen LogP contribution in [0.5, 0.6) is 0 Å². The predicted molar refractivity (Wildman–Crippen MR) is 94.8 cm³/mol. The minimum atomic E-state index is -4.56. The van der Waals surface area contributed by atoms with Crippen molar-refractivity contribution in [2.24, 2.45) is 5.92 Å². The lowest BCUT2D eigenvalue weighted by Crippen LogP contribution is -2.49. The second-order valence-corrected chi connectivity index (χ2v) is 8.57. The number of nitrogens with zero attached hydrogens (tertiary/aromatic N) is 1. The van der Waals surface area contributed by atoms with E-state index in [1.165, 1.54) is 4.90 Å². The molecule has 1 aromatic rings. The van der Waals surface area contributed by atoms with Gasteiger partial charge in [0.2, 0.25) is 0 Å². The first-order chi connectivity index (χ1) is 11.3. The van der Waals surface area contributed by atoms with E-state index in [0.29, 0.717) is 22.9 Å². The fraction of sp³-hybridized carbons (Fsp3) is 0.611. The number of hydrogen-bond acceptors (Lipinski definition) is 2. The van der Waals surface area contributed by atoms with Crippen molar-refractivity contribution in [3.8, 4) is 0 Å². The number of anilines is 1. The molecule has 1 amide bonds. The maximum Gasteiger partial charge on any atom is 0.418 e. The van der Waals surface area contributed by atoms with Crippen LogP contribution in [0.2, 0.25) is 0 Å². The number of alkyl halides is 3. The van der Waals surface area contributed by atoms with Crippen molar-refractivity contribution in [2.45, 2.75) is 65.3 Å². The van der Waals surface area contributed by atoms with E-state index in [1.54, 1.807) is 26.8 Å². The third-order valence-electron chi connectivity index (χ3n) is 4.10. The normalized spacial score (nSPS) is 18.3. The average molecular weight is 422 g/mol. The number of fused-ring (bicyclic) bond motifs is 1. The SMILES string of the molecule is CC(C)C1CCc2cc(Br)cc(C(F)(F)F)c2N1C(=O)OC(C)(C)C. The molecule has 1 aromatic carbocycles. The third kappa shape index (κ3) is 4.49. The molecule has 0 fully saturated rings. The molecule has 7 heteroatoms. The molecule has 0 aliphatic carbocycles. The first-order valence-corrected chi connectivity index (χ1v) is 9.02. The number of rotatable bonds is 1. The molecular weight excluding hydrogens is 399 g/mol. The lowest BCUT2D eigenvalue weighted by Gasteiger charge is -2.41. The summed E-state index contributed by atoms with van der Waals surface area (Å²) in [7, 11) is 0. The van der Waals surface area contributed by atoms with Gasteiger partial charge in [-0.15, -0.1) is 0 Å². The summed E-state index contributed by atoms with van der Waals surface area (Å²) in [6.07, 6.45) is -4.22. The molecule has 2 rings (SSSR count). The average Bonchev–Trinajstić information content (AvgIpc) is 2.41. The highest BCUT2D eigenvalue weighted by Crippen LogP contribution is 2.45. The van der Waals surface area contributed by atoms with E-state index in [0.717, 1.165) is 6.07 Å². The van der Waals surface area contributed by atoms with E-state index in [1.807, 2.05) is 13.8 Å². The molecular formula is C18H23BrF3NO2. The smallest absolute Gasteiger partial charge is 0.418 e. The second-order valence-electron chi connectivity index (χ2n) is 7.66. The van der Waals surface area contributed by atoms with Gasteiger partial charge in [0.1, 0.15) is 5.60 Å². The number of benzene rings is 1. The summed E-state index contributed by atoms with van der Waals surface area (Å²) in [4.78, 5) is 14.0. The van der Waals surface area contributed by atoms with Crippen molar-refractivity contribution in [3.63, 3.8) is 0 Å². The van der Waals surface area contributed by atoms with Crippen LogP contribution >= 0.6 is 15.9 Å². The van der Waals surface area contributed by atoms with Gasteiger partial charge in [0.15, 0.2) is 0 Å². The first kappa shape index (κ1) is 20.1. The van der Waals surface area contributed by atoms with E-state index >= 15 is 0 Å². The summed E-state index contributed by atoms with van der Waals surface area (Å²) in [5.74, 6) is 0.00500. The number of ether oxygens (including phenoxy) is 1. The fourth-order valence-corrected chi connectivity index (χ4v) is 3.62. The monoisotopic (exact) mass is 421 g/mol. The molecule has 0 N–H and O–H groups in total. The van der Waals surface area contributed by atoms with Crippen LogP contribution in [-0.2, 0) is 17.3 Å². The summed E-state index contributed by atoms with van der Waals surface area (Å²) in [5, 5.41) is 0. The Morgan fingerprint density at radius 3 is 2.36 bits per heavy atom. The van der Waals surface area contributed by atoms with Crippen LogP contribution < -0.4 is 4.90 Å². The van der Waals surface area contributed by atoms with Gasteiger partial charge >= 0.3 is 12.3 Å². The van der Waals surface area contributed by atoms with Gasteiger partial charge in [0, 0.05) is 10.5 Å². The second kappa shape index (κ2) is 6.82. The van der Waals surface area contributed by atoms with Gasteiger partial charge in [-0.1, -0.05) is 29.8 Å². The molecule has 0 radical (unpaired) electrons. The Balaban J connectivity index is 2.65. The topological polar surface area (TPSA) is 29.5 Å². The van der Waals surface area contributed by atoms with Gasteiger partial charge in [-0.3, -0.25) is 4.90 Å². The molecule has 1 aliphatic rings. The highest BCUT2D eigenvalue weighted by atomic mass is 79.9. The van der Waals surface area contributed by atoms with Gasteiger partial charge in [-0.05, 0) is 57.2 Å². The first-order valence-electron chi connectivity index (χ1n) is 8.23. The lowest BCUT2D eigenvalue weighted by atomic mass is 9.88. The number of hydrogen-bond donors (Lipinski definition) is 0. The molecule has 25 heavy (non-hydrogen) atoms. The number of carbonyl (C=O) groups excluding carboxylic acids is 1. The lowest BCUT2D eigenvalue weighted by molar-refractivity contribution is -0.137. The molecule has 0 bridgehead atoms. The van der Waals surface area contributed by atoms with Crippen molar-refractivity contribution >= 4 is 27.7 Å². The van der Waals surface area contributed by atoms with E-state index in [9.17, 15) is 18.0 Å². The van der Waals surface area contributed by atoms with Crippen molar-refractivity contribution in [1.82, 2.24) is 0 Å². The Morgan fingerprint density at radius 2 is 1.88 bits per heavy atom. The zero-order chi connectivity index (χ0) is 19.2. The Labute approximate surface area is 154 Å². The zero-order valence-corrected chi connectivity index (χ0v) is 16.6. The van der Waals surface area contributed by atoms with Crippen LogP contribution in [0, 0.1) is 5.92 Å². The van der Waals surface area contributed by atoms with Gasteiger partial charge < -0.3 is 4.74 Å². The van der Waals surface area contributed by atoms with Crippen LogP contribution in [0.1, 0.15) is 52.2 Å². The van der Waals surface area contributed by atoms with Gasteiger partial charge in [0.05, 0.1) is 11.3 Å². The Morgan fingerprint density at radius 1 is 1.28 bits per heavy atom. The van der Waals surface area contributed by atoms with Crippen molar-refractivity contribution in [3.05, 3.63) is 27.7 Å². The maximum atomic E-state index is 13.7. The number of amides is 1. The molecule has 1 heterocycles. The minimum Gasteiger partial charge on any atom is -0.443 e. The molecule has 1 unspecified atom stereocenters. The van der Waals surface area contributed by atoms with Gasteiger partial charge in [-0.2, -0.15) is 13.2 Å². The van der Waals surface area contributed by atoms with Crippen molar-refractivity contribution in [2.75, 3.05) is 4.90 Å². The predicted octanol–water partition coefficient (Wildman–Crippen LogP) is 6.18. The van der Waals surface area contributed by atoms with Crippen LogP contribution in [0.25, 0.3) is 0 Å². The van der Waals surface area contributed by atoms with E-state index in [4.69, 9.17) is 4.74 Å². The highest BCUT2D eigenvalue weighted by molar-refractivity contribution is 9.10. The molecule has 3 nitrogen and oxygen atoms in total. The standard InChI is InChI=1S/C18H23BrF3NO2/c1-10(2)14-7-6-11-8-12(19)9-13(18(20,21)22)15(11)23(14)16(24)25-17(3,4)5/h8-10,14H,6-7H2,1-5H3. The minimum absolute atomic E-state index is 0.00500. The molecule has 0 saturated carbocycles. The summed E-state index contributed by atoms with van der Waals surface area (Å²) < 4.78 is 46.7. The molecule has 0 saturated heterocycles. The molecule has 0 spiro atoms. The fourth-order valence-electron chi connectivity index (χ4n) is 3.11. The van der Waals surface area contributed by atoms with Crippen molar-refractivity contribution < 1.29 is 22.7 Å².